The molecule has 1 fully saturated rings. The van der Waals surface area contributed by atoms with Crippen LogP contribution in [0.3, 0.4) is 0 Å². The van der Waals surface area contributed by atoms with Gasteiger partial charge < -0.3 is 5.32 Å². The molecule has 3 atom stereocenters. The average Bonchev–Trinajstić information content (AvgIpc) is 2.30. The minimum absolute atomic E-state index is 0.276. The van der Waals surface area contributed by atoms with Gasteiger partial charge in [-0.25, -0.2) is 0 Å². The fourth-order valence-electron chi connectivity index (χ4n) is 2.62. The minimum Gasteiger partial charge on any atom is -0.313 e. The van der Waals surface area contributed by atoms with Gasteiger partial charge in [-0.2, -0.15) is 0 Å². The third kappa shape index (κ3) is 4.54. The molecule has 0 amide bonds. The van der Waals surface area contributed by atoms with E-state index in [9.17, 15) is 4.21 Å². The van der Waals surface area contributed by atoms with Crippen molar-refractivity contribution in [2.24, 2.45) is 5.92 Å². The number of hydrogen-bond donors (Lipinski definition) is 1. The van der Waals surface area contributed by atoms with Crippen molar-refractivity contribution in [3.8, 4) is 0 Å². The van der Waals surface area contributed by atoms with Crippen LogP contribution in [0, 0.1) is 5.92 Å². The Kier molecular flexibility index (Phi) is 6.59. The van der Waals surface area contributed by atoms with E-state index in [1.54, 1.807) is 6.26 Å². The summed E-state index contributed by atoms with van der Waals surface area (Å²) in [7, 11) is -0.696. The van der Waals surface area contributed by atoms with Crippen LogP contribution in [0.25, 0.3) is 0 Å². The SMILES string of the molecule is CCC(NCC(C)S(C)=O)C1CCCCC1. The number of nitrogens with one attached hydrogen (secondary N) is 1. The van der Waals surface area contributed by atoms with Gasteiger partial charge in [0.2, 0.25) is 0 Å². The van der Waals surface area contributed by atoms with Crippen LogP contribution < -0.4 is 5.32 Å². The number of rotatable bonds is 6. The van der Waals surface area contributed by atoms with E-state index in [2.05, 4.69) is 19.2 Å². The summed E-state index contributed by atoms with van der Waals surface area (Å²) in [5.74, 6) is 0.858. The fourth-order valence-corrected chi connectivity index (χ4v) is 2.95. The molecule has 3 heteroatoms. The summed E-state index contributed by atoms with van der Waals surface area (Å²) in [6.07, 6.45) is 9.99. The summed E-state index contributed by atoms with van der Waals surface area (Å²) in [6.45, 7) is 5.23. The van der Waals surface area contributed by atoms with Crippen molar-refractivity contribution < 1.29 is 4.21 Å². The van der Waals surface area contributed by atoms with Crippen LogP contribution in [-0.4, -0.2) is 28.3 Å². The molecule has 0 aliphatic heterocycles. The third-order valence-electron chi connectivity index (χ3n) is 3.89. The maximum Gasteiger partial charge on any atom is 0.0441 e. The van der Waals surface area contributed by atoms with E-state index in [4.69, 9.17) is 0 Å². The van der Waals surface area contributed by atoms with Crippen molar-refractivity contribution in [2.45, 2.75) is 63.7 Å². The van der Waals surface area contributed by atoms with Crippen LogP contribution in [-0.2, 0) is 10.8 Å². The lowest BCUT2D eigenvalue weighted by atomic mass is 9.83. The molecule has 16 heavy (non-hydrogen) atoms. The Morgan fingerprint density at radius 1 is 1.31 bits per heavy atom. The zero-order valence-corrected chi connectivity index (χ0v) is 11.8. The van der Waals surface area contributed by atoms with Crippen molar-refractivity contribution in [1.29, 1.82) is 0 Å². The Morgan fingerprint density at radius 3 is 2.44 bits per heavy atom. The van der Waals surface area contributed by atoms with Gasteiger partial charge in [0.1, 0.15) is 0 Å². The molecular formula is C13H27NOS. The second-order valence-electron chi connectivity index (χ2n) is 5.13. The van der Waals surface area contributed by atoms with E-state index in [0.717, 1.165) is 12.5 Å². The van der Waals surface area contributed by atoms with E-state index in [1.807, 2.05) is 0 Å². The molecule has 0 saturated heterocycles. The van der Waals surface area contributed by atoms with Crippen LogP contribution in [0.4, 0.5) is 0 Å². The highest BCUT2D eigenvalue weighted by molar-refractivity contribution is 7.84. The van der Waals surface area contributed by atoms with Gasteiger partial charge in [-0.1, -0.05) is 26.2 Å². The van der Waals surface area contributed by atoms with Crippen molar-refractivity contribution >= 4 is 10.8 Å². The highest BCUT2D eigenvalue weighted by atomic mass is 32.2. The van der Waals surface area contributed by atoms with Gasteiger partial charge in [0, 0.05) is 34.9 Å². The van der Waals surface area contributed by atoms with Gasteiger partial charge >= 0.3 is 0 Å². The first-order chi connectivity index (χ1) is 7.65. The molecule has 1 aliphatic carbocycles. The van der Waals surface area contributed by atoms with Crippen LogP contribution in [0.2, 0.25) is 0 Å². The Morgan fingerprint density at radius 2 is 1.94 bits per heavy atom. The third-order valence-corrected chi connectivity index (χ3v) is 5.19. The molecule has 1 rings (SSSR count). The van der Waals surface area contributed by atoms with Crippen molar-refractivity contribution in [3.05, 3.63) is 0 Å². The summed E-state index contributed by atoms with van der Waals surface area (Å²) in [4.78, 5) is 0. The predicted molar refractivity (Wildman–Crippen MR) is 72.2 cm³/mol. The van der Waals surface area contributed by atoms with Crippen molar-refractivity contribution in [1.82, 2.24) is 5.32 Å². The Hall–Kier alpha value is 0.110. The van der Waals surface area contributed by atoms with Crippen LogP contribution >= 0.6 is 0 Å². The zero-order chi connectivity index (χ0) is 12.0. The molecule has 0 aromatic rings. The van der Waals surface area contributed by atoms with Crippen molar-refractivity contribution in [3.63, 3.8) is 0 Å². The van der Waals surface area contributed by atoms with Crippen LogP contribution in [0.15, 0.2) is 0 Å². The second-order valence-corrected chi connectivity index (χ2v) is 6.93. The molecule has 1 N–H and O–H groups in total. The smallest absolute Gasteiger partial charge is 0.0441 e. The Bertz CT molecular complexity index is 214. The van der Waals surface area contributed by atoms with Gasteiger partial charge in [0.15, 0.2) is 0 Å². The molecule has 3 unspecified atom stereocenters. The molecule has 0 heterocycles. The lowest BCUT2D eigenvalue weighted by Crippen LogP contribution is -2.41. The first-order valence-electron chi connectivity index (χ1n) is 6.70. The maximum absolute atomic E-state index is 11.3. The molecule has 1 saturated carbocycles. The first-order valence-corrected chi connectivity index (χ1v) is 8.32. The lowest BCUT2D eigenvalue weighted by Gasteiger charge is -2.31. The van der Waals surface area contributed by atoms with Crippen LogP contribution in [0.5, 0.6) is 0 Å². The van der Waals surface area contributed by atoms with Gasteiger partial charge in [-0.05, 0) is 32.1 Å². The van der Waals surface area contributed by atoms with E-state index in [1.165, 1.54) is 38.5 Å². The monoisotopic (exact) mass is 245 g/mol. The van der Waals surface area contributed by atoms with Crippen molar-refractivity contribution in [2.75, 3.05) is 12.8 Å². The van der Waals surface area contributed by atoms with Crippen LogP contribution in [0.1, 0.15) is 52.4 Å². The molecule has 1 aliphatic rings. The summed E-state index contributed by atoms with van der Waals surface area (Å²) in [6, 6.07) is 0.645. The normalized spacial score (nSPS) is 23.9. The topological polar surface area (TPSA) is 29.1 Å². The van der Waals surface area contributed by atoms with Gasteiger partial charge in [-0.15, -0.1) is 0 Å². The minimum atomic E-state index is -0.696. The Balaban J connectivity index is 2.33. The predicted octanol–water partition coefficient (Wildman–Crippen LogP) is 2.70. The molecule has 0 radical (unpaired) electrons. The summed E-state index contributed by atoms with van der Waals surface area (Å²) >= 11 is 0. The maximum atomic E-state index is 11.3. The summed E-state index contributed by atoms with van der Waals surface area (Å²) < 4.78 is 11.3. The summed E-state index contributed by atoms with van der Waals surface area (Å²) in [5.41, 5.74) is 0. The second kappa shape index (κ2) is 7.44. The highest BCUT2D eigenvalue weighted by Gasteiger charge is 2.22. The van der Waals surface area contributed by atoms with Gasteiger partial charge in [-0.3, -0.25) is 4.21 Å². The van der Waals surface area contributed by atoms with E-state index >= 15 is 0 Å². The largest absolute Gasteiger partial charge is 0.313 e. The number of hydrogen-bond acceptors (Lipinski definition) is 2. The van der Waals surface area contributed by atoms with E-state index in [0.29, 0.717) is 6.04 Å². The molecule has 96 valence electrons. The molecule has 0 aromatic carbocycles. The molecule has 2 nitrogen and oxygen atoms in total. The molecule has 0 spiro atoms. The quantitative estimate of drug-likeness (QED) is 0.779. The highest BCUT2D eigenvalue weighted by Crippen LogP contribution is 2.27. The molecule has 0 aromatic heterocycles. The van der Waals surface area contributed by atoms with Gasteiger partial charge in [0.25, 0.3) is 0 Å². The molecular weight excluding hydrogens is 218 g/mol. The average molecular weight is 245 g/mol. The van der Waals surface area contributed by atoms with Gasteiger partial charge in [0.05, 0.1) is 0 Å². The van der Waals surface area contributed by atoms with E-state index in [-0.39, 0.29) is 5.25 Å². The van der Waals surface area contributed by atoms with E-state index < -0.39 is 10.8 Å². The standard InChI is InChI=1S/C13H27NOS/c1-4-13(12-8-6-5-7-9-12)14-10-11(2)16(3)15/h11-14H,4-10H2,1-3H3. The lowest BCUT2D eigenvalue weighted by molar-refractivity contribution is 0.264. The fraction of sp³-hybridized carbons (Fsp3) is 1.00. The first kappa shape index (κ1) is 14.2. The molecule has 0 bridgehead atoms. The zero-order valence-electron chi connectivity index (χ0n) is 11.0. The Labute approximate surface area is 103 Å². The summed E-state index contributed by atoms with van der Waals surface area (Å²) in [5, 5.41) is 3.90.